The Labute approximate surface area is 123 Å². The Morgan fingerprint density at radius 2 is 1.95 bits per heavy atom. The quantitative estimate of drug-likeness (QED) is 0.683. The van der Waals surface area contributed by atoms with Crippen LogP contribution in [0, 0.1) is 0 Å². The van der Waals surface area contributed by atoms with Gasteiger partial charge in [0.05, 0.1) is 10.1 Å². The minimum absolute atomic E-state index is 0.475. The highest BCUT2D eigenvalue weighted by atomic mass is 79.9. The lowest BCUT2D eigenvalue weighted by molar-refractivity contribution is 0.0456. The molecule has 108 valence electrons. The molecule has 1 aromatic rings. The molecule has 0 atom stereocenters. The first kappa shape index (κ1) is 16.2. The predicted molar refractivity (Wildman–Crippen MR) is 82.5 cm³/mol. The largest absolute Gasteiger partial charge is 0.388 e. The molecule has 3 N–H and O–H groups in total. The van der Waals surface area contributed by atoms with Gasteiger partial charge in [0.1, 0.15) is 5.82 Å². The fraction of sp³-hybridized carbons (Fsp3) is 0.692. The van der Waals surface area contributed by atoms with Gasteiger partial charge >= 0.3 is 0 Å². The lowest BCUT2D eigenvalue weighted by Crippen LogP contribution is -2.35. The Morgan fingerprint density at radius 3 is 2.53 bits per heavy atom. The third-order valence-electron chi connectivity index (χ3n) is 3.18. The minimum atomic E-state index is -0.693. The van der Waals surface area contributed by atoms with Crippen molar-refractivity contribution in [2.24, 2.45) is 0 Å². The molecule has 0 spiro atoms. The first-order valence-corrected chi connectivity index (χ1v) is 7.56. The van der Waals surface area contributed by atoms with E-state index in [1.807, 2.05) is 13.8 Å². The van der Waals surface area contributed by atoms with Gasteiger partial charge < -0.3 is 15.7 Å². The topological polar surface area (TPSA) is 70.1 Å². The van der Waals surface area contributed by atoms with Gasteiger partial charge in [0.25, 0.3) is 0 Å². The van der Waals surface area contributed by atoms with Crippen LogP contribution in [0.15, 0.2) is 10.7 Å². The maximum Gasteiger partial charge on any atom is 0.224 e. The van der Waals surface area contributed by atoms with Crippen LogP contribution in [-0.2, 0) is 0 Å². The second-order valence-electron chi connectivity index (χ2n) is 4.60. The van der Waals surface area contributed by atoms with E-state index >= 15 is 0 Å². The first-order valence-electron chi connectivity index (χ1n) is 6.77. The van der Waals surface area contributed by atoms with Crippen LogP contribution >= 0.6 is 15.9 Å². The summed E-state index contributed by atoms with van der Waals surface area (Å²) in [5, 5.41) is 16.6. The lowest BCUT2D eigenvalue weighted by Gasteiger charge is -2.25. The highest BCUT2D eigenvalue weighted by Gasteiger charge is 2.22. The molecule has 6 heteroatoms. The molecule has 0 aliphatic rings. The van der Waals surface area contributed by atoms with Crippen LogP contribution in [0.5, 0.6) is 0 Å². The molecule has 0 aromatic carbocycles. The van der Waals surface area contributed by atoms with E-state index in [1.54, 1.807) is 6.20 Å². The van der Waals surface area contributed by atoms with Gasteiger partial charge in [0.15, 0.2) is 0 Å². The van der Waals surface area contributed by atoms with Gasteiger partial charge in [-0.3, -0.25) is 0 Å². The number of aliphatic hydroxyl groups is 1. The molecule has 0 bridgehead atoms. The van der Waals surface area contributed by atoms with Gasteiger partial charge in [-0.2, -0.15) is 4.98 Å². The fourth-order valence-corrected chi connectivity index (χ4v) is 1.89. The molecule has 0 saturated carbocycles. The van der Waals surface area contributed by atoms with Gasteiger partial charge in [-0.25, -0.2) is 4.98 Å². The molecule has 0 fully saturated rings. The molecule has 0 aliphatic heterocycles. The van der Waals surface area contributed by atoms with Crippen molar-refractivity contribution in [1.29, 1.82) is 0 Å². The zero-order valence-corrected chi connectivity index (χ0v) is 13.4. The fourth-order valence-electron chi connectivity index (χ4n) is 1.56. The maximum atomic E-state index is 10.3. The summed E-state index contributed by atoms with van der Waals surface area (Å²) in [5.74, 6) is 1.30. The second kappa shape index (κ2) is 7.65. The molecule has 1 aromatic heterocycles. The Morgan fingerprint density at radius 1 is 1.26 bits per heavy atom. The molecular weight excluding hydrogens is 308 g/mol. The Hall–Kier alpha value is -0.880. The average Bonchev–Trinajstić information content (AvgIpc) is 2.44. The Kier molecular flexibility index (Phi) is 6.51. The van der Waals surface area contributed by atoms with E-state index in [1.165, 1.54) is 0 Å². The van der Waals surface area contributed by atoms with E-state index in [2.05, 4.69) is 43.5 Å². The first-order chi connectivity index (χ1) is 9.04. The van der Waals surface area contributed by atoms with E-state index in [0.717, 1.165) is 17.4 Å². The molecule has 0 aliphatic carbocycles. The van der Waals surface area contributed by atoms with E-state index in [9.17, 15) is 5.11 Å². The van der Waals surface area contributed by atoms with Gasteiger partial charge in [0.2, 0.25) is 5.95 Å². The van der Waals surface area contributed by atoms with Crippen LogP contribution in [-0.4, -0.2) is 33.8 Å². The Bertz CT molecular complexity index is 396. The van der Waals surface area contributed by atoms with E-state index < -0.39 is 5.60 Å². The number of anilines is 2. The zero-order chi connectivity index (χ0) is 14.3. The van der Waals surface area contributed by atoms with Crippen molar-refractivity contribution in [3.8, 4) is 0 Å². The molecule has 0 amide bonds. The highest BCUT2D eigenvalue weighted by Crippen LogP contribution is 2.22. The normalized spacial score (nSPS) is 11.4. The molecule has 19 heavy (non-hydrogen) atoms. The smallest absolute Gasteiger partial charge is 0.224 e. The van der Waals surface area contributed by atoms with Crippen LogP contribution in [0.2, 0.25) is 0 Å². The second-order valence-corrected chi connectivity index (χ2v) is 5.46. The summed E-state index contributed by atoms with van der Waals surface area (Å²) < 4.78 is 0.795. The van der Waals surface area contributed by atoms with Gasteiger partial charge in [-0.1, -0.05) is 20.8 Å². The number of nitrogens with one attached hydrogen (secondary N) is 2. The van der Waals surface area contributed by atoms with Crippen molar-refractivity contribution in [2.45, 2.75) is 45.6 Å². The van der Waals surface area contributed by atoms with Crippen molar-refractivity contribution in [1.82, 2.24) is 9.97 Å². The van der Waals surface area contributed by atoms with Crippen molar-refractivity contribution < 1.29 is 5.11 Å². The molecule has 0 radical (unpaired) electrons. The third-order valence-corrected chi connectivity index (χ3v) is 3.76. The van der Waals surface area contributed by atoms with Crippen LogP contribution in [0.25, 0.3) is 0 Å². The minimum Gasteiger partial charge on any atom is -0.388 e. The van der Waals surface area contributed by atoms with Crippen LogP contribution in [0.1, 0.15) is 40.0 Å². The van der Waals surface area contributed by atoms with Gasteiger partial charge in [-0.05, 0) is 35.2 Å². The van der Waals surface area contributed by atoms with Gasteiger partial charge in [-0.15, -0.1) is 0 Å². The van der Waals surface area contributed by atoms with Crippen LogP contribution in [0.4, 0.5) is 11.8 Å². The zero-order valence-electron chi connectivity index (χ0n) is 11.8. The van der Waals surface area contributed by atoms with Crippen molar-refractivity contribution in [2.75, 3.05) is 23.7 Å². The van der Waals surface area contributed by atoms with Crippen molar-refractivity contribution in [3.05, 3.63) is 10.7 Å². The third kappa shape index (κ3) is 4.95. The van der Waals surface area contributed by atoms with E-state index in [0.29, 0.717) is 31.2 Å². The summed E-state index contributed by atoms with van der Waals surface area (Å²) in [5.41, 5.74) is -0.693. The molecule has 0 unspecified atom stereocenters. The number of hydrogen-bond donors (Lipinski definition) is 3. The number of hydrogen-bond acceptors (Lipinski definition) is 5. The van der Waals surface area contributed by atoms with Gasteiger partial charge in [0, 0.05) is 19.3 Å². The number of rotatable bonds is 8. The number of nitrogens with zero attached hydrogens (tertiary/aromatic N) is 2. The molecule has 0 saturated heterocycles. The average molecular weight is 331 g/mol. The molecule has 1 rings (SSSR count). The Balaban J connectivity index is 2.71. The summed E-state index contributed by atoms with van der Waals surface area (Å²) in [6.07, 6.45) is 4.15. The van der Waals surface area contributed by atoms with Crippen LogP contribution < -0.4 is 10.6 Å². The summed E-state index contributed by atoms with van der Waals surface area (Å²) in [4.78, 5) is 8.58. The molecule has 5 nitrogen and oxygen atoms in total. The number of halogens is 1. The standard InChI is InChI=1S/C13H23BrN4O/c1-4-7-15-12-16-8-10(14)11(18-12)17-9-13(19,5-2)6-3/h8,19H,4-7,9H2,1-3H3,(H2,15,16,17,18). The summed E-state index contributed by atoms with van der Waals surface area (Å²) >= 11 is 3.41. The number of aromatic nitrogens is 2. The summed E-state index contributed by atoms with van der Waals surface area (Å²) in [6, 6.07) is 0. The predicted octanol–water partition coefficient (Wildman–Crippen LogP) is 3.02. The van der Waals surface area contributed by atoms with Crippen LogP contribution in [0.3, 0.4) is 0 Å². The SMILES string of the molecule is CCCNc1ncc(Br)c(NCC(O)(CC)CC)n1. The van der Waals surface area contributed by atoms with E-state index in [-0.39, 0.29) is 0 Å². The molecular formula is C13H23BrN4O. The van der Waals surface area contributed by atoms with Crippen molar-refractivity contribution in [3.63, 3.8) is 0 Å². The lowest BCUT2D eigenvalue weighted by atomic mass is 9.98. The summed E-state index contributed by atoms with van der Waals surface area (Å²) in [6.45, 7) is 7.37. The monoisotopic (exact) mass is 330 g/mol. The highest BCUT2D eigenvalue weighted by molar-refractivity contribution is 9.10. The molecule has 1 heterocycles. The van der Waals surface area contributed by atoms with E-state index in [4.69, 9.17) is 0 Å². The maximum absolute atomic E-state index is 10.3. The summed E-state index contributed by atoms with van der Waals surface area (Å²) in [7, 11) is 0. The van der Waals surface area contributed by atoms with Crippen molar-refractivity contribution >= 4 is 27.7 Å².